The SMILES string of the molecule is CC1(F)C(OC(=N)C(Cl)(Cl)Cl)OC(COC(=O)c2ccccc2)C1OC(=O)c1ccccc1. The summed E-state index contributed by atoms with van der Waals surface area (Å²) < 4.78 is 34.7. The molecule has 1 N–H and O–H groups in total. The van der Waals surface area contributed by atoms with Gasteiger partial charge in [0.1, 0.15) is 12.7 Å². The molecule has 33 heavy (non-hydrogen) atoms. The van der Waals surface area contributed by atoms with Crippen LogP contribution >= 0.6 is 34.8 Å². The predicted octanol–water partition coefficient (Wildman–Crippen LogP) is 4.89. The molecule has 11 heteroatoms. The summed E-state index contributed by atoms with van der Waals surface area (Å²) in [6, 6.07) is 16.0. The van der Waals surface area contributed by atoms with Gasteiger partial charge in [0.05, 0.1) is 11.1 Å². The van der Waals surface area contributed by atoms with E-state index in [1.165, 1.54) is 24.3 Å². The lowest BCUT2D eigenvalue weighted by Crippen LogP contribution is -2.47. The number of hydrogen-bond donors (Lipinski definition) is 1. The molecule has 1 aliphatic heterocycles. The highest BCUT2D eigenvalue weighted by molar-refractivity contribution is 6.76. The second kappa shape index (κ2) is 10.3. The molecule has 3 rings (SSSR count). The van der Waals surface area contributed by atoms with Crippen LogP contribution in [0.15, 0.2) is 60.7 Å². The molecule has 1 fully saturated rings. The minimum Gasteiger partial charge on any atom is -0.459 e. The molecule has 0 saturated carbocycles. The molecule has 0 aliphatic carbocycles. The van der Waals surface area contributed by atoms with E-state index in [1.807, 2.05) is 0 Å². The Hall–Kier alpha value is -2.39. The van der Waals surface area contributed by atoms with Crippen molar-refractivity contribution < 1.29 is 32.9 Å². The van der Waals surface area contributed by atoms with E-state index >= 15 is 4.39 Å². The molecule has 176 valence electrons. The molecule has 2 aromatic rings. The number of carbonyl (C=O) groups excluding carboxylic acids is 2. The number of hydrogen-bond acceptors (Lipinski definition) is 7. The van der Waals surface area contributed by atoms with Crippen molar-refractivity contribution >= 4 is 52.6 Å². The number of rotatable bonds is 6. The van der Waals surface area contributed by atoms with Gasteiger partial charge in [-0.25, -0.2) is 14.0 Å². The number of benzene rings is 2. The summed E-state index contributed by atoms with van der Waals surface area (Å²) in [6.45, 7) is 0.576. The van der Waals surface area contributed by atoms with Crippen molar-refractivity contribution in [2.75, 3.05) is 6.61 Å². The zero-order valence-corrected chi connectivity index (χ0v) is 19.4. The summed E-state index contributed by atoms with van der Waals surface area (Å²) in [7, 11) is 0. The third-order valence-electron chi connectivity index (χ3n) is 4.77. The van der Waals surface area contributed by atoms with Crippen LogP contribution in [0.1, 0.15) is 27.6 Å². The number of carbonyl (C=O) groups is 2. The zero-order valence-electron chi connectivity index (χ0n) is 17.2. The van der Waals surface area contributed by atoms with Crippen LogP contribution < -0.4 is 0 Å². The van der Waals surface area contributed by atoms with Gasteiger partial charge in [-0.05, 0) is 31.2 Å². The minimum atomic E-state index is -2.49. The molecule has 0 aromatic heterocycles. The summed E-state index contributed by atoms with van der Waals surface area (Å²) >= 11 is 16.8. The normalized spacial score (nSPS) is 24.7. The molecule has 0 bridgehead atoms. The Morgan fingerprint density at radius 1 is 1.00 bits per heavy atom. The standard InChI is InChI=1S/C22H19Cl3FNO6/c1-21(26)16(32-18(29)14-10-6-3-7-11-14)15(31-20(21)33-19(27)22(23,24)25)12-30-17(28)13-8-4-2-5-9-13/h2-11,15-16,20,27H,12H2,1H3. The largest absolute Gasteiger partial charge is 0.459 e. The van der Waals surface area contributed by atoms with Crippen molar-refractivity contribution in [1.29, 1.82) is 5.41 Å². The van der Waals surface area contributed by atoms with E-state index in [0.29, 0.717) is 0 Å². The fourth-order valence-electron chi connectivity index (χ4n) is 3.07. The third-order valence-corrected chi connectivity index (χ3v) is 5.28. The highest BCUT2D eigenvalue weighted by Gasteiger charge is 2.60. The first kappa shape index (κ1) is 25.2. The Morgan fingerprint density at radius 3 is 2.03 bits per heavy atom. The summed E-state index contributed by atoms with van der Waals surface area (Å²) in [6.07, 6.45) is -4.62. The van der Waals surface area contributed by atoms with Gasteiger partial charge in [0.15, 0.2) is 6.10 Å². The lowest BCUT2D eigenvalue weighted by Gasteiger charge is -2.28. The first-order valence-corrected chi connectivity index (χ1v) is 10.8. The summed E-state index contributed by atoms with van der Waals surface area (Å²) in [5.41, 5.74) is -2.05. The maximum Gasteiger partial charge on any atom is 0.338 e. The molecule has 1 heterocycles. The van der Waals surface area contributed by atoms with Crippen LogP contribution in [0.4, 0.5) is 4.39 Å². The van der Waals surface area contributed by atoms with Crippen LogP contribution in [0.3, 0.4) is 0 Å². The highest BCUT2D eigenvalue weighted by atomic mass is 35.6. The first-order chi connectivity index (χ1) is 15.5. The van der Waals surface area contributed by atoms with E-state index in [2.05, 4.69) is 0 Å². The number of ether oxygens (including phenoxy) is 4. The van der Waals surface area contributed by atoms with Crippen LogP contribution in [0, 0.1) is 5.41 Å². The maximum atomic E-state index is 15.8. The third kappa shape index (κ3) is 6.14. The second-order valence-electron chi connectivity index (χ2n) is 7.26. The van der Waals surface area contributed by atoms with Gasteiger partial charge in [-0.1, -0.05) is 71.2 Å². The van der Waals surface area contributed by atoms with Gasteiger partial charge >= 0.3 is 11.9 Å². The van der Waals surface area contributed by atoms with Crippen LogP contribution in [-0.2, 0) is 18.9 Å². The van der Waals surface area contributed by atoms with Crippen LogP contribution in [0.25, 0.3) is 0 Å². The molecular weight excluding hydrogens is 500 g/mol. The lowest BCUT2D eigenvalue weighted by atomic mass is 9.99. The van der Waals surface area contributed by atoms with Crippen molar-refractivity contribution in [3.8, 4) is 0 Å². The van der Waals surface area contributed by atoms with E-state index in [4.69, 9.17) is 59.2 Å². The number of halogens is 4. The molecule has 1 saturated heterocycles. The molecule has 4 atom stereocenters. The van der Waals surface area contributed by atoms with Gasteiger partial charge in [-0.3, -0.25) is 5.41 Å². The highest BCUT2D eigenvalue weighted by Crippen LogP contribution is 2.40. The maximum absolute atomic E-state index is 15.8. The Bertz CT molecular complexity index is 1000. The van der Waals surface area contributed by atoms with Gasteiger partial charge in [0.2, 0.25) is 17.9 Å². The number of esters is 2. The Morgan fingerprint density at radius 2 is 1.52 bits per heavy atom. The molecule has 0 radical (unpaired) electrons. The van der Waals surface area contributed by atoms with Crippen LogP contribution in [-0.4, -0.2) is 52.4 Å². The Labute approximate surface area is 204 Å². The molecule has 2 aromatic carbocycles. The van der Waals surface area contributed by atoms with Crippen molar-refractivity contribution in [2.24, 2.45) is 0 Å². The zero-order chi connectivity index (χ0) is 24.2. The number of nitrogens with one attached hydrogen (secondary N) is 1. The van der Waals surface area contributed by atoms with Crippen LogP contribution in [0.2, 0.25) is 0 Å². The van der Waals surface area contributed by atoms with Gasteiger partial charge in [0.25, 0.3) is 3.79 Å². The quantitative estimate of drug-likeness (QED) is 0.253. The van der Waals surface area contributed by atoms with E-state index in [-0.39, 0.29) is 11.1 Å². The van der Waals surface area contributed by atoms with E-state index in [1.54, 1.807) is 36.4 Å². The van der Waals surface area contributed by atoms with E-state index in [9.17, 15) is 9.59 Å². The molecule has 0 amide bonds. The average molecular weight is 519 g/mol. The fourth-order valence-corrected chi connectivity index (χ4v) is 3.20. The van der Waals surface area contributed by atoms with Gasteiger partial charge in [0, 0.05) is 0 Å². The monoisotopic (exact) mass is 517 g/mol. The minimum absolute atomic E-state index is 0.173. The van der Waals surface area contributed by atoms with Crippen molar-refractivity contribution in [3.63, 3.8) is 0 Å². The van der Waals surface area contributed by atoms with E-state index in [0.717, 1.165) is 6.92 Å². The fraction of sp³-hybridized carbons (Fsp3) is 0.318. The Balaban J connectivity index is 1.79. The van der Waals surface area contributed by atoms with Crippen LogP contribution in [0.5, 0.6) is 0 Å². The molecule has 4 unspecified atom stereocenters. The summed E-state index contributed by atoms with van der Waals surface area (Å²) in [5, 5.41) is 7.71. The second-order valence-corrected chi connectivity index (χ2v) is 9.54. The topological polar surface area (TPSA) is 94.9 Å². The summed E-state index contributed by atoms with van der Waals surface area (Å²) in [4.78, 5) is 24.9. The van der Waals surface area contributed by atoms with Crippen molar-refractivity contribution in [3.05, 3.63) is 71.8 Å². The van der Waals surface area contributed by atoms with Gasteiger partial charge in [-0.2, -0.15) is 0 Å². The van der Waals surface area contributed by atoms with Gasteiger partial charge in [-0.15, -0.1) is 0 Å². The smallest absolute Gasteiger partial charge is 0.338 e. The van der Waals surface area contributed by atoms with Gasteiger partial charge < -0.3 is 18.9 Å². The number of alkyl halides is 4. The van der Waals surface area contributed by atoms with Crippen molar-refractivity contribution in [1.82, 2.24) is 0 Å². The predicted molar refractivity (Wildman–Crippen MR) is 120 cm³/mol. The molecule has 0 spiro atoms. The van der Waals surface area contributed by atoms with E-state index < -0.39 is 52.4 Å². The first-order valence-electron chi connectivity index (χ1n) is 9.65. The lowest BCUT2D eigenvalue weighted by molar-refractivity contribution is -0.135. The molecule has 7 nitrogen and oxygen atoms in total. The Kier molecular flexibility index (Phi) is 7.84. The van der Waals surface area contributed by atoms with Crippen molar-refractivity contribution in [2.45, 2.75) is 34.9 Å². The molecular formula is C22H19Cl3FNO6. The summed E-state index contributed by atoms with van der Waals surface area (Å²) in [5.74, 6) is -2.41. The average Bonchev–Trinajstić information content (AvgIpc) is 3.01. The molecule has 1 aliphatic rings.